The van der Waals surface area contributed by atoms with Gasteiger partial charge in [-0.1, -0.05) is 47.5 Å². The molecule has 8 heteroatoms. The van der Waals surface area contributed by atoms with Crippen LogP contribution in [0.2, 0.25) is 10.0 Å². The van der Waals surface area contributed by atoms with Crippen molar-refractivity contribution in [1.29, 1.82) is 5.26 Å². The third-order valence-corrected chi connectivity index (χ3v) is 7.73. The average molecular weight is 532 g/mol. The van der Waals surface area contributed by atoms with E-state index < -0.39 is 0 Å². The lowest BCUT2D eigenvalue weighted by Gasteiger charge is -2.48. The second-order valence-electron chi connectivity index (χ2n) is 9.66. The first-order valence-electron chi connectivity index (χ1n) is 12.2. The normalized spacial score (nSPS) is 18.4. The largest absolute Gasteiger partial charge is 0.364 e. The number of benzene rings is 2. The molecule has 0 saturated carbocycles. The first-order valence-corrected chi connectivity index (χ1v) is 13.0. The van der Waals surface area contributed by atoms with E-state index in [2.05, 4.69) is 59.0 Å². The fourth-order valence-corrected chi connectivity index (χ4v) is 5.56. The highest BCUT2D eigenvalue weighted by molar-refractivity contribution is 6.30. The van der Waals surface area contributed by atoms with Crippen molar-refractivity contribution in [1.82, 2.24) is 14.5 Å². The van der Waals surface area contributed by atoms with Crippen LogP contribution < -0.4 is 10.5 Å². The lowest BCUT2D eigenvalue weighted by molar-refractivity contribution is 0.130. The van der Waals surface area contributed by atoms with Crippen LogP contribution in [0.3, 0.4) is 0 Å². The summed E-state index contributed by atoms with van der Waals surface area (Å²) in [6.45, 7) is 5.82. The predicted molar refractivity (Wildman–Crippen MR) is 149 cm³/mol. The Bertz CT molecular complexity index is 1500. The molecular weight excluding hydrogens is 505 g/mol. The summed E-state index contributed by atoms with van der Waals surface area (Å²) in [7, 11) is 1.73. The number of pyridine rings is 2. The van der Waals surface area contributed by atoms with Gasteiger partial charge >= 0.3 is 0 Å². The summed E-state index contributed by atoms with van der Waals surface area (Å²) in [6, 6.07) is 23.5. The number of nitriles is 1. The van der Waals surface area contributed by atoms with Gasteiger partial charge in [0, 0.05) is 48.3 Å². The molecule has 0 radical (unpaired) electrons. The monoisotopic (exact) mass is 531 g/mol. The molecule has 2 atom stereocenters. The molecule has 1 fully saturated rings. The molecule has 5 rings (SSSR count). The number of hydrogen-bond donors (Lipinski definition) is 0. The number of hydrogen-bond acceptors (Lipinski definition) is 5. The van der Waals surface area contributed by atoms with Gasteiger partial charge in [0.05, 0.1) is 17.2 Å². The molecule has 2 aromatic carbocycles. The molecule has 1 saturated heterocycles. The Labute approximate surface area is 226 Å². The number of fused-ring (bicyclic) bond motifs is 1. The fraction of sp³-hybridized carbons (Fsp3) is 0.276. The summed E-state index contributed by atoms with van der Waals surface area (Å²) < 4.78 is 1.58. The Morgan fingerprint density at radius 3 is 2.08 bits per heavy atom. The Kier molecular flexibility index (Phi) is 6.96. The average Bonchev–Trinajstić information content (AvgIpc) is 2.90. The minimum absolute atomic E-state index is 0.0119. The molecular formula is C29H27Cl2N5O. The van der Waals surface area contributed by atoms with Crippen molar-refractivity contribution < 1.29 is 0 Å². The topological polar surface area (TPSA) is 65.2 Å². The van der Waals surface area contributed by atoms with Gasteiger partial charge in [-0.05, 0) is 61.4 Å². The van der Waals surface area contributed by atoms with Gasteiger partial charge in [-0.15, -0.1) is 0 Å². The molecule has 37 heavy (non-hydrogen) atoms. The zero-order valence-electron chi connectivity index (χ0n) is 20.9. The van der Waals surface area contributed by atoms with Crippen LogP contribution in [0.15, 0.2) is 71.5 Å². The second-order valence-corrected chi connectivity index (χ2v) is 10.5. The van der Waals surface area contributed by atoms with Crippen LogP contribution in [0.25, 0.3) is 11.0 Å². The van der Waals surface area contributed by atoms with Crippen LogP contribution in [-0.4, -0.2) is 39.6 Å². The molecule has 0 aliphatic carbocycles. The van der Waals surface area contributed by atoms with Crippen molar-refractivity contribution >= 4 is 39.9 Å². The Balaban J connectivity index is 1.55. The highest BCUT2D eigenvalue weighted by atomic mass is 35.5. The molecule has 6 nitrogen and oxygen atoms in total. The van der Waals surface area contributed by atoms with Crippen LogP contribution >= 0.6 is 23.2 Å². The third kappa shape index (κ3) is 4.83. The van der Waals surface area contributed by atoms with Crippen molar-refractivity contribution in [3.05, 3.63) is 104 Å². The maximum absolute atomic E-state index is 12.8. The molecule has 2 unspecified atom stereocenters. The Morgan fingerprint density at radius 1 is 0.919 bits per heavy atom. The van der Waals surface area contributed by atoms with E-state index in [1.807, 2.05) is 24.3 Å². The van der Waals surface area contributed by atoms with Crippen molar-refractivity contribution in [2.24, 2.45) is 7.05 Å². The minimum atomic E-state index is -0.100. The summed E-state index contributed by atoms with van der Waals surface area (Å²) >= 11 is 12.4. The molecule has 188 valence electrons. The number of anilines is 1. The van der Waals surface area contributed by atoms with Crippen LogP contribution in [0, 0.1) is 11.3 Å². The van der Waals surface area contributed by atoms with E-state index in [-0.39, 0.29) is 23.7 Å². The molecule has 0 spiro atoms. The number of halogens is 2. The smallest absolute Gasteiger partial charge is 0.252 e. The summed E-state index contributed by atoms with van der Waals surface area (Å²) in [4.78, 5) is 22.2. The highest BCUT2D eigenvalue weighted by Crippen LogP contribution is 2.36. The van der Waals surface area contributed by atoms with Crippen molar-refractivity contribution in [3.8, 4) is 6.07 Å². The zero-order valence-corrected chi connectivity index (χ0v) is 22.4. The van der Waals surface area contributed by atoms with E-state index in [4.69, 9.17) is 23.2 Å². The first-order chi connectivity index (χ1) is 17.8. The number of nitrogens with zero attached hydrogens (tertiary/aromatic N) is 5. The highest BCUT2D eigenvalue weighted by Gasteiger charge is 2.36. The Morgan fingerprint density at radius 2 is 1.51 bits per heavy atom. The molecule has 2 aromatic heterocycles. The second kappa shape index (κ2) is 10.2. The number of aromatic nitrogens is 2. The third-order valence-electron chi connectivity index (χ3n) is 7.23. The van der Waals surface area contributed by atoms with E-state index in [9.17, 15) is 10.1 Å². The van der Waals surface area contributed by atoms with E-state index in [0.717, 1.165) is 23.4 Å². The quantitative estimate of drug-likeness (QED) is 0.333. The van der Waals surface area contributed by atoms with E-state index >= 15 is 0 Å². The lowest BCUT2D eigenvalue weighted by atomic mass is 9.93. The van der Waals surface area contributed by atoms with Crippen molar-refractivity contribution in [2.75, 3.05) is 18.0 Å². The van der Waals surface area contributed by atoms with Crippen LogP contribution in [-0.2, 0) is 7.05 Å². The lowest BCUT2D eigenvalue weighted by Crippen LogP contribution is -2.57. The van der Waals surface area contributed by atoms with Gasteiger partial charge in [0.2, 0.25) is 0 Å². The summed E-state index contributed by atoms with van der Waals surface area (Å²) in [5.74, 6) is 0. The van der Waals surface area contributed by atoms with Crippen molar-refractivity contribution in [2.45, 2.75) is 32.0 Å². The van der Waals surface area contributed by atoms with Gasteiger partial charge in [0.25, 0.3) is 5.56 Å². The number of rotatable bonds is 4. The van der Waals surface area contributed by atoms with E-state index in [1.54, 1.807) is 29.8 Å². The fourth-order valence-electron chi connectivity index (χ4n) is 5.31. The maximum atomic E-state index is 12.8. The van der Waals surface area contributed by atoms with Gasteiger partial charge in [-0.25, -0.2) is 4.98 Å². The van der Waals surface area contributed by atoms with Gasteiger partial charge in [0.15, 0.2) is 0 Å². The molecule has 3 heterocycles. The number of aryl methyl sites for hydroxylation is 1. The van der Waals surface area contributed by atoms with Gasteiger partial charge in [0.1, 0.15) is 17.3 Å². The molecule has 4 aromatic rings. The first kappa shape index (κ1) is 25.3. The Hall–Kier alpha value is -3.37. The molecule has 0 bridgehead atoms. The maximum Gasteiger partial charge on any atom is 0.252 e. The molecule has 1 aliphatic rings. The van der Waals surface area contributed by atoms with Crippen LogP contribution in [0.1, 0.15) is 36.7 Å². The van der Waals surface area contributed by atoms with Gasteiger partial charge in [-0.2, -0.15) is 5.26 Å². The summed E-state index contributed by atoms with van der Waals surface area (Å²) in [5, 5.41) is 10.8. The predicted octanol–water partition coefficient (Wildman–Crippen LogP) is 5.80. The SMILES string of the molecule is CC1CN(C(c2ccc(Cl)cc2)c2ccc(Cl)cc2)C(C)CN1c1cc(=O)n(C)c2ccc(C#N)nc12. The zero-order chi connectivity index (χ0) is 26.3. The van der Waals surface area contributed by atoms with Crippen LogP contribution in [0.4, 0.5) is 5.69 Å². The molecule has 0 amide bonds. The minimum Gasteiger partial charge on any atom is -0.364 e. The molecule has 0 N–H and O–H groups in total. The number of piperazine rings is 1. The van der Waals surface area contributed by atoms with Gasteiger partial charge < -0.3 is 9.47 Å². The summed E-state index contributed by atoms with van der Waals surface area (Å²) in [5.41, 5.74) is 4.68. The molecule has 1 aliphatic heterocycles. The standard InChI is InChI=1S/C29H27Cl2N5O/c1-18-17-36(29(20-4-8-22(30)9-5-20)21-6-10-23(31)11-7-21)19(2)16-35(18)26-14-27(37)34(3)25-13-12-24(15-32)33-28(25)26/h4-14,18-19,29H,16-17H2,1-3H3. The van der Waals surface area contributed by atoms with Crippen LogP contribution in [0.5, 0.6) is 0 Å². The van der Waals surface area contributed by atoms with Gasteiger partial charge in [-0.3, -0.25) is 9.69 Å². The van der Waals surface area contributed by atoms with E-state index in [1.165, 1.54) is 0 Å². The summed E-state index contributed by atoms with van der Waals surface area (Å²) in [6.07, 6.45) is 0. The van der Waals surface area contributed by atoms with E-state index in [0.29, 0.717) is 33.3 Å². The van der Waals surface area contributed by atoms with Crippen molar-refractivity contribution in [3.63, 3.8) is 0 Å².